The zero-order chi connectivity index (χ0) is 23.8. The molecule has 3 aromatic rings. The summed E-state index contributed by atoms with van der Waals surface area (Å²) in [5.41, 5.74) is 2.49. The van der Waals surface area contributed by atoms with Gasteiger partial charge >= 0.3 is 6.09 Å². The molecule has 33 heavy (non-hydrogen) atoms. The highest BCUT2D eigenvalue weighted by molar-refractivity contribution is 6.32. The smallest absolute Gasteiger partial charge is 0.407 e. The molecule has 176 valence electrons. The molecule has 8 nitrogen and oxygen atoms in total. The Labute approximate surface area is 198 Å². The monoisotopic (exact) mass is 472 g/mol. The third kappa shape index (κ3) is 5.27. The molecule has 4 rings (SSSR count). The van der Waals surface area contributed by atoms with Crippen molar-refractivity contribution < 1.29 is 19.4 Å². The molecular formula is C24H29ClN4O4. The molecular weight excluding hydrogens is 444 g/mol. The van der Waals surface area contributed by atoms with Crippen molar-refractivity contribution in [3.63, 3.8) is 0 Å². The molecule has 3 heterocycles. The zero-order valence-corrected chi connectivity index (χ0v) is 20.0. The van der Waals surface area contributed by atoms with Crippen LogP contribution in [-0.4, -0.2) is 52.4 Å². The highest BCUT2D eigenvalue weighted by Crippen LogP contribution is 2.37. The van der Waals surface area contributed by atoms with Gasteiger partial charge in [0, 0.05) is 54.9 Å². The van der Waals surface area contributed by atoms with Gasteiger partial charge < -0.3 is 29.2 Å². The normalized spacial score (nSPS) is 15.0. The number of aromatic hydroxyl groups is 1. The Kier molecular flexibility index (Phi) is 6.30. The first-order chi connectivity index (χ1) is 15.6. The van der Waals surface area contributed by atoms with Gasteiger partial charge in [0.05, 0.1) is 17.8 Å². The van der Waals surface area contributed by atoms with Crippen LogP contribution in [0.25, 0.3) is 16.9 Å². The predicted molar refractivity (Wildman–Crippen MR) is 128 cm³/mol. The van der Waals surface area contributed by atoms with E-state index in [0.29, 0.717) is 22.0 Å². The number of piperidine rings is 1. The second kappa shape index (κ2) is 9.02. The van der Waals surface area contributed by atoms with E-state index in [2.05, 4.69) is 15.2 Å². The SMILES string of the molecule is COc1cc(O)c(-c2cn3ccc(N4CCC(NC(=O)OC(C)(C)C)CC4)cc3n2)cc1Cl. The van der Waals surface area contributed by atoms with E-state index in [1.807, 2.05) is 49.7 Å². The number of methoxy groups -OCH3 is 1. The average molecular weight is 473 g/mol. The van der Waals surface area contributed by atoms with Crippen molar-refractivity contribution in [1.29, 1.82) is 0 Å². The number of carbonyl (C=O) groups is 1. The summed E-state index contributed by atoms with van der Waals surface area (Å²) in [4.78, 5) is 19.0. The Morgan fingerprint density at radius 3 is 2.64 bits per heavy atom. The quantitative estimate of drug-likeness (QED) is 0.563. The van der Waals surface area contributed by atoms with Crippen LogP contribution in [0.4, 0.5) is 10.5 Å². The highest BCUT2D eigenvalue weighted by Gasteiger charge is 2.24. The fourth-order valence-corrected chi connectivity index (χ4v) is 4.20. The van der Waals surface area contributed by atoms with Gasteiger partial charge in [-0.05, 0) is 45.7 Å². The van der Waals surface area contributed by atoms with Crippen LogP contribution < -0.4 is 15.0 Å². The number of hydrogen-bond donors (Lipinski definition) is 2. The summed E-state index contributed by atoms with van der Waals surface area (Å²) >= 11 is 6.24. The number of ether oxygens (including phenoxy) is 2. The lowest BCUT2D eigenvalue weighted by Gasteiger charge is -2.34. The number of pyridine rings is 1. The minimum atomic E-state index is -0.503. The van der Waals surface area contributed by atoms with Crippen LogP contribution in [0, 0.1) is 0 Å². The fourth-order valence-electron chi connectivity index (χ4n) is 3.96. The average Bonchev–Trinajstić information content (AvgIpc) is 3.17. The summed E-state index contributed by atoms with van der Waals surface area (Å²) in [6.45, 7) is 7.21. The van der Waals surface area contributed by atoms with Gasteiger partial charge in [0.2, 0.25) is 0 Å². The minimum absolute atomic E-state index is 0.0550. The number of fused-ring (bicyclic) bond motifs is 1. The number of nitrogens with one attached hydrogen (secondary N) is 1. The number of carbonyl (C=O) groups excluding carboxylic acids is 1. The number of phenolic OH excluding ortho intramolecular Hbond substituents is 1. The fraction of sp³-hybridized carbons (Fsp3) is 0.417. The Morgan fingerprint density at radius 2 is 1.97 bits per heavy atom. The van der Waals surface area contributed by atoms with Crippen molar-refractivity contribution in [2.24, 2.45) is 0 Å². The van der Waals surface area contributed by atoms with Crippen molar-refractivity contribution in [3.8, 4) is 22.8 Å². The van der Waals surface area contributed by atoms with Crippen LogP contribution in [0.2, 0.25) is 5.02 Å². The van der Waals surface area contributed by atoms with Crippen LogP contribution in [0.1, 0.15) is 33.6 Å². The molecule has 2 N–H and O–H groups in total. The van der Waals surface area contributed by atoms with Crippen LogP contribution in [0.3, 0.4) is 0 Å². The molecule has 1 aliphatic heterocycles. The number of benzene rings is 1. The summed E-state index contributed by atoms with van der Waals surface area (Å²) in [5.74, 6) is 0.466. The Balaban J connectivity index is 1.46. The summed E-state index contributed by atoms with van der Waals surface area (Å²) in [5, 5.41) is 13.8. The molecule has 1 aliphatic rings. The molecule has 9 heteroatoms. The number of phenols is 1. The van der Waals surface area contributed by atoms with Crippen molar-refractivity contribution in [1.82, 2.24) is 14.7 Å². The molecule has 0 atom stereocenters. The van der Waals surface area contributed by atoms with Gasteiger partial charge in [-0.15, -0.1) is 0 Å². The van der Waals surface area contributed by atoms with Crippen molar-refractivity contribution in [2.75, 3.05) is 25.1 Å². The molecule has 2 aromatic heterocycles. The maximum atomic E-state index is 12.0. The Bertz CT molecular complexity index is 1160. The van der Waals surface area contributed by atoms with Crippen LogP contribution in [0.5, 0.6) is 11.5 Å². The van der Waals surface area contributed by atoms with E-state index in [1.54, 1.807) is 6.07 Å². The van der Waals surface area contributed by atoms with E-state index in [-0.39, 0.29) is 17.9 Å². The maximum absolute atomic E-state index is 12.0. The molecule has 0 spiro atoms. The third-order valence-electron chi connectivity index (χ3n) is 5.57. The number of imidazole rings is 1. The third-order valence-corrected chi connectivity index (χ3v) is 5.87. The van der Waals surface area contributed by atoms with Crippen molar-refractivity contribution in [3.05, 3.63) is 41.7 Å². The maximum Gasteiger partial charge on any atom is 0.407 e. The number of halogens is 1. The van der Waals surface area contributed by atoms with E-state index in [9.17, 15) is 9.90 Å². The summed E-state index contributed by atoms with van der Waals surface area (Å²) in [6.07, 6.45) is 5.11. The predicted octanol–water partition coefficient (Wildman–Crippen LogP) is 4.86. The van der Waals surface area contributed by atoms with E-state index in [4.69, 9.17) is 21.1 Å². The molecule has 0 saturated carbocycles. The first kappa shape index (κ1) is 23.0. The lowest BCUT2D eigenvalue weighted by Crippen LogP contribution is -2.46. The number of alkyl carbamates (subject to hydrolysis) is 1. The number of anilines is 1. The van der Waals surface area contributed by atoms with Gasteiger partial charge in [-0.25, -0.2) is 9.78 Å². The van der Waals surface area contributed by atoms with E-state index in [1.165, 1.54) is 13.2 Å². The summed E-state index contributed by atoms with van der Waals surface area (Å²) in [6, 6.07) is 7.30. The van der Waals surface area contributed by atoms with Crippen LogP contribution >= 0.6 is 11.6 Å². The first-order valence-corrected chi connectivity index (χ1v) is 11.3. The molecule has 0 radical (unpaired) electrons. The number of rotatable bonds is 4. The van der Waals surface area contributed by atoms with E-state index < -0.39 is 5.60 Å². The Morgan fingerprint density at radius 1 is 1.24 bits per heavy atom. The molecule has 1 aromatic carbocycles. The van der Waals surface area contributed by atoms with E-state index >= 15 is 0 Å². The molecule has 1 saturated heterocycles. The molecule has 0 bridgehead atoms. The number of aromatic nitrogens is 2. The number of hydrogen-bond acceptors (Lipinski definition) is 6. The molecule has 0 unspecified atom stereocenters. The second-order valence-corrected chi connectivity index (χ2v) is 9.60. The zero-order valence-electron chi connectivity index (χ0n) is 19.3. The molecule has 0 aliphatic carbocycles. The lowest BCUT2D eigenvalue weighted by atomic mass is 10.0. The summed E-state index contributed by atoms with van der Waals surface area (Å²) < 4.78 is 12.4. The number of amides is 1. The van der Waals surface area contributed by atoms with Gasteiger partial charge in [0.25, 0.3) is 0 Å². The highest BCUT2D eigenvalue weighted by atomic mass is 35.5. The van der Waals surface area contributed by atoms with Crippen molar-refractivity contribution in [2.45, 2.75) is 45.3 Å². The van der Waals surface area contributed by atoms with Crippen LogP contribution in [-0.2, 0) is 4.74 Å². The van der Waals surface area contributed by atoms with Crippen molar-refractivity contribution >= 4 is 29.0 Å². The first-order valence-electron chi connectivity index (χ1n) is 10.9. The topological polar surface area (TPSA) is 88.3 Å². The van der Waals surface area contributed by atoms with Crippen LogP contribution in [0.15, 0.2) is 36.7 Å². The molecule has 1 amide bonds. The van der Waals surface area contributed by atoms with Gasteiger partial charge in [0.15, 0.2) is 0 Å². The largest absolute Gasteiger partial charge is 0.507 e. The van der Waals surface area contributed by atoms with Gasteiger partial charge in [-0.3, -0.25) is 0 Å². The lowest BCUT2D eigenvalue weighted by molar-refractivity contribution is 0.0497. The standard InChI is InChI=1S/C24H29ClN4O4/c1-24(2,3)33-23(31)26-15-5-8-28(9-6-15)16-7-10-29-14-19(27-22(29)11-16)17-12-18(25)21(32-4)13-20(17)30/h7,10-15,30H,5-6,8-9H2,1-4H3,(H,26,31). The number of nitrogens with zero attached hydrogens (tertiary/aromatic N) is 3. The summed E-state index contributed by atoms with van der Waals surface area (Å²) in [7, 11) is 1.50. The van der Waals surface area contributed by atoms with Gasteiger partial charge in [-0.2, -0.15) is 0 Å². The van der Waals surface area contributed by atoms with E-state index in [0.717, 1.165) is 37.3 Å². The Hall–Kier alpha value is -3.13. The minimum Gasteiger partial charge on any atom is -0.507 e. The second-order valence-electron chi connectivity index (χ2n) is 9.19. The molecule has 1 fully saturated rings. The van der Waals surface area contributed by atoms with Gasteiger partial charge in [0.1, 0.15) is 22.7 Å². The van der Waals surface area contributed by atoms with Gasteiger partial charge in [-0.1, -0.05) is 11.6 Å².